The minimum atomic E-state index is -0.607. The van der Waals surface area contributed by atoms with Crippen LogP contribution in [0.5, 0.6) is 5.75 Å². The Kier molecular flexibility index (Phi) is 4.90. The van der Waals surface area contributed by atoms with Crippen LogP contribution in [0, 0.1) is 11.3 Å². The molecule has 0 aliphatic heterocycles. The van der Waals surface area contributed by atoms with Crippen molar-refractivity contribution >= 4 is 5.69 Å². The standard InChI is InChI=1S/C15H15FN2O/c1-4-6-12(10(2)16)11(3)19-15-8-5-7-14(18)13(15)9-17/h4-8,11H,1-2,18H2,3H3/b12-6+. The normalized spacial score (nSPS) is 12.4. The van der Waals surface area contributed by atoms with Gasteiger partial charge < -0.3 is 10.5 Å². The van der Waals surface area contributed by atoms with E-state index in [1.807, 2.05) is 6.07 Å². The Bertz CT molecular complexity index is 570. The number of nitrogen functional groups attached to an aromatic ring is 1. The van der Waals surface area contributed by atoms with Crippen molar-refractivity contribution in [1.29, 1.82) is 5.26 Å². The van der Waals surface area contributed by atoms with Gasteiger partial charge in [0.15, 0.2) is 0 Å². The van der Waals surface area contributed by atoms with E-state index in [1.54, 1.807) is 25.1 Å². The highest BCUT2D eigenvalue weighted by Crippen LogP contribution is 2.27. The van der Waals surface area contributed by atoms with Crippen molar-refractivity contribution in [3.63, 3.8) is 0 Å². The summed E-state index contributed by atoms with van der Waals surface area (Å²) in [6.45, 7) is 8.41. The first-order chi connectivity index (χ1) is 9.01. The topological polar surface area (TPSA) is 59.0 Å². The second-order valence-corrected chi connectivity index (χ2v) is 3.85. The van der Waals surface area contributed by atoms with E-state index in [9.17, 15) is 4.39 Å². The molecule has 1 aromatic carbocycles. The molecule has 0 heterocycles. The lowest BCUT2D eigenvalue weighted by Gasteiger charge is -2.18. The largest absolute Gasteiger partial charge is 0.484 e. The van der Waals surface area contributed by atoms with Gasteiger partial charge in [0.05, 0.1) is 5.69 Å². The molecule has 4 heteroatoms. The van der Waals surface area contributed by atoms with E-state index in [-0.39, 0.29) is 11.1 Å². The maximum atomic E-state index is 13.3. The van der Waals surface area contributed by atoms with Crippen LogP contribution in [-0.2, 0) is 0 Å². The molecule has 0 saturated heterocycles. The lowest BCUT2D eigenvalue weighted by molar-refractivity contribution is 0.254. The fourth-order valence-corrected chi connectivity index (χ4v) is 1.59. The summed E-state index contributed by atoms with van der Waals surface area (Å²) in [5.41, 5.74) is 6.50. The van der Waals surface area contributed by atoms with Gasteiger partial charge in [-0.15, -0.1) is 0 Å². The molecule has 0 aliphatic carbocycles. The molecule has 0 bridgehead atoms. The van der Waals surface area contributed by atoms with Crippen LogP contribution in [0.1, 0.15) is 12.5 Å². The summed E-state index contributed by atoms with van der Waals surface area (Å²) >= 11 is 0. The predicted octanol–water partition coefficient (Wildman–Crippen LogP) is 3.50. The Morgan fingerprint density at radius 2 is 2.26 bits per heavy atom. The van der Waals surface area contributed by atoms with Crippen LogP contribution < -0.4 is 10.5 Å². The molecular weight excluding hydrogens is 243 g/mol. The smallest absolute Gasteiger partial charge is 0.140 e. The molecule has 98 valence electrons. The first kappa shape index (κ1) is 14.5. The highest BCUT2D eigenvalue weighted by atomic mass is 19.1. The number of ether oxygens (including phenoxy) is 1. The minimum Gasteiger partial charge on any atom is -0.484 e. The van der Waals surface area contributed by atoms with Crippen molar-refractivity contribution in [3.05, 3.63) is 60.5 Å². The SMILES string of the molecule is C=C/C=C(\C(=C)F)C(C)Oc1cccc(N)c1C#N. The molecule has 0 aromatic heterocycles. The first-order valence-corrected chi connectivity index (χ1v) is 5.63. The van der Waals surface area contributed by atoms with Crippen LogP contribution >= 0.6 is 0 Å². The second-order valence-electron chi connectivity index (χ2n) is 3.85. The van der Waals surface area contributed by atoms with E-state index < -0.39 is 11.9 Å². The number of nitrogens with two attached hydrogens (primary N) is 1. The number of nitriles is 1. The molecule has 1 atom stereocenters. The maximum absolute atomic E-state index is 13.3. The third-order valence-corrected chi connectivity index (χ3v) is 2.52. The van der Waals surface area contributed by atoms with Crippen LogP contribution in [0.4, 0.5) is 10.1 Å². The van der Waals surface area contributed by atoms with Crippen molar-refractivity contribution in [2.45, 2.75) is 13.0 Å². The summed E-state index contributed by atoms with van der Waals surface area (Å²) < 4.78 is 18.9. The van der Waals surface area contributed by atoms with Crippen molar-refractivity contribution in [1.82, 2.24) is 0 Å². The van der Waals surface area contributed by atoms with Crippen LogP contribution in [-0.4, -0.2) is 6.10 Å². The van der Waals surface area contributed by atoms with E-state index >= 15 is 0 Å². The quantitative estimate of drug-likeness (QED) is 0.649. The number of anilines is 1. The summed E-state index contributed by atoms with van der Waals surface area (Å²) in [4.78, 5) is 0. The zero-order valence-electron chi connectivity index (χ0n) is 10.7. The summed E-state index contributed by atoms with van der Waals surface area (Å²) in [7, 11) is 0. The van der Waals surface area contributed by atoms with Gasteiger partial charge >= 0.3 is 0 Å². The van der Waals surface area contributed by atoms with Gasteiger partial charge in [-0.25, -0.2) is 4.39 Å². The minimum absolute atomic E-state index is 0.233. The number of rotatable bonds is 5. The summed E-state index contributed by atoms with van der Waals surface area (Å²) in [6, 6.07) is 6.84. The average Bonchev–Trinajstić information content (AvgIpc) is 2.35. The summed E-state index contributed by atoms with van der Waals surface area (Å²) in [5.74, 6) is -0.291. The molecule has 2 N–H and O–H groups in total. The van der Waals surface area contributed by atoms with Crippen molar-refractivity contribution in [3.8, 4) is 11.8 Å². The molecule has 3 nitrogen and oxygen atoms in total. The lowest BCUT2D eigenvalue weighted by atomic mass is 10.1. The molecule has 1 rings (SSSR count). The van der Waals surface area contributed by atoms with Gasteiger partial charge in [-0.05, 0) is 19.1 Å². The molecule has 0 fully saturated rings. The van der Waals surface area contributed by atoms with Crippen molar-refractivity contribution in [2.75, 3.05) is 5.73 Å². The van der Waals surface area contributed by atoms with Gasteiger partial charge in [-0.1, -0.05) is 31.4 Å². The third-order valence-electron chi connectivity index (χ3n) is 2.52. The van der Waals surface area contributed by atoms with Crippen LogP contribution in [0.2, 0.25) is 0 Å². The molecule has 1 aromatic rings. The summed E-state index contributed by atoms with van der Waals surface area (Å²) in [6.07, 6.45) is 2.32. The lowest BCUT2D eigenvalue weighted by Crippen LogP contribution is -2.16. The van der Waals surface area contributed by atoms with Crippen LogP contribution in [0.15, 0.2) is 54.9 Å². The van der Waals surface area contributed by atoms with E-state index in [1.165, 1.54) is 12.2 Å². The molecule has 0 spiro atoms. The number of nitrogens with zero attached hydrogens (tertiary/aromatic N) is 1. The summed E-state index contributed by atoms with van der Waals surface area (Å²) in [5, 5.41) is 9.03. The van der Waals surface area contributed by atoms with Gasteiger partial charge in [0.2, 0.25) is 0 Å². The van der Waals surface area contributed by atoms with E-state index in [0.717, 1.165) is 0 Å². The molecule has 0 amide bonds. The molecule has 0 aliphatic rings. The fourth-order valence-electron chi connectivity index (χ4n) is 1.59. The van der Waals surface area contributed by atoms with Gasteiger partial charge in [-0.3, -0.25) is 0 Å². The van der Waals surface area contributed by atoms with Gasteiger partial charge in [0, 0.05) is 5.57 Å². The highest BCUT2D eigenvalue weighted by molar-refractivity contribution is 5.61. The van der Waals surface area contributed by atoms with Crippen molar-refractivity contribution < 1.29 is 9.13 Å². The van der Waals surface area contributed by atoms with Gasteiger partial charge in [0.25, 0.3) is 0 Å². The van der Waals surface area contributed by atoms with Gasteiger partial charge in [0.1, 0.15) is 29.3 Å². The van der Waals surface area contributed by atoms with Crippen LogP contribution in [0.25, 0.3) is 0 Å². The van der Waals surface area contributed by atoms with E-state index in [0.29, 0.717) is 11.4 Å². The molecule has 0 radical (unpaired) electrons. The Labute approximate surface area is 112 Å². The Balaban J connectivity index is 3.06. The second kappa shape index (κ2) is 6.41. The number of hydrogen-bond donors (Lipinski definition) is 1. The number of benzene rings is 1. The fraction of sp³-hybridized carbons (Fsp3) is 0.133. The Morgan fingerprint density at radius 1 is 1.58 bits per heavy atom. The molecule has 0 saturated carbocycles. The zero-order valence-corrected chi connectivity index (χ0v) is 10.7. The highest BCUT2D eigenvalue weighted by Gasteiger charge is 2.16. The Hall–Kier alpha value is -2.54. The van der Waals surface area contributed by atoms with Crippen molar-refractivity contribution in [2.24, 2.45) is 0 Å². The maximum Gasteiger partial charge on any atom is 0.140 e. The molecule has 1 unspecified atom stereocenters. The number of hydrogen-bond acceptors (Lipinski definition) is 3. The van der Waals surface area contributed by atoms with E-state index in [2.05, 4.69) is 13.2 Å². The zero-order chi connectivity index (χ0) is 14.4. The van der Waals surface area contributed by atoms with E-state index in [4.69, 9.17) is 15.7 Å². The van der Waals surface area contributed by atoms with Gasteiger partial charge in [-0.2, -0.15) is 5.26 Å². The molecular formula is C15H15FN2O. The number of allylic oxidation sites excluding steroid dienone is 2. The predicted molar refractivity (Wildman–Crippen MR) is 74.2 cm³/mol. The average molecular weight is 258 g/mol. The first-order valence-electron chi connectivity index (χ1n) is 5.63. The molecule has 19 heavy (non-hydrogen) atoms. The number of halogens is 1. The Morgan fingerprint density at radius 3 is 2.79 bits per heavy atom. The monoisotopic (exact) mass is 258 g/mol. The third kappa shape index (κ3) is 3.46. The van der Waals surface area contributed by atoms with Crippen LogP contribution in [0.3, 0.4) is 0 Å².